The summed E-state index contributed by atoms with van der Waals surface area (Å²) in [6.45, 7) is 0. The number of hydrogen-bond acceptors (Lipinski definition) is 2. The Bertz CT molecular complexity index is 518. The van der Waals surface area contributed by atoms with Gasteiger partial charge in [0.25, 0.3) is 0 Å². The van der Waals surface area contributed by atoms with Crippen molar-refractivity contribution in [2.75, 3.05) is 0 Å². The summed E-state index contributed by atoms with van der Waals surface area (Å²) in [7, 11) is 0. The van der Waals surface area contributed by atoms with Gasteiger partial charge < -0.3 is 5.11 Å². The van der Waals surface area contributed by atoms with E-state index in [0.29, 0.717) is 0 Å². The summed E-state index contributed by atoms with van der Waals surface area (Å²) >= 11 is 0. The molecular formula is C18H21NO. The predicted octanol–water partition coefficient (Wildman–Crippen LogP) is 3.33. The van der Waals surface area contributed by atoms with Crippen LogP contribution < -0.4 is 0 Å². The van der Waals surface area contributed by atoms with Crippen LogP contribution in [0.1, 0.15) is 50.2 Å². The number of aromatic nitrogens is 1. The predicted molar refractivity (Wildman–Crippen MR) is 77.6 cm³/mol. The summed E-state index contributed by atoms with van der Waals surface area (Å²) in [4.78, 5) is 4.05. The van der Waals surface area contributed by atoms with E-state index in [2.05, 4.69) is 16.8 Å². The van der Waals surface area contributed by atoms with Gasteiger partial charge in [-0.25, -0.2) is 0 Å². The molecule has 0 spiro atoms. The molecule has 1 N–H and O–H groups in total. The van der Waals surface area contributed by atoms with Crippen LogP contribution in [0.5, 0.6) is 0 Å². The lowest BCUT2D eigenvalue weighted by molar-refractivity contribution is -0.0183. The minimum absolute atomic E-state index is 0.220. The SMILES string of the molecule is O[C@@H](C#CC12CC3CC(CC(C3)C1)C2)c1cccnc1. The zero-order valence-electron chi connectivity index (χ0n) is 11.8. The first kappa shape index (κ1) is 12.4. The van der Waals surface area contributed by atoms with E-state index < -0.39 is 6.10 Å². The van der Waals surface area contributed by atoms with Gasteiger partial charge in [0.05, 0.1) is 0 Å². The first-order chi connectivity index (χ1) is 9.72. The van der Waals surface area contributed by atoms with Crippen molar-refractivity contribution in [3.63, 3.8) is 0 Å². The summed E-state index contributed by atoms with van der Waals surface area (Å²) in [5.41, 5.74) is 1.03. The van der Waals surface area contributed by atoms with E-state index in [-0.39, 0.29) is 5.41 Å². The molecule has 1 atom stereocenters. The Morgan fingerprint density at radius 2 is 1.80 bits per heavy atom. The summed E-state index contributed by atoms with van der Waals surface area (Å²) < 4.78 is 0. The molecule has 0 saturated heterocycles. The normalized spacial score (nSPS) is 39.1. The smallest absolute Gasteiger partial charge is 0.141 e. The standard InChI is InChI=1S/C18H21NO/c20-17(16-2-1-5-19-12-16)3-4-18-9-13-6-14(10-18)8-15(7-13)11-18/h1-2,5,12-15,17,20H,6-11H2/t13?,14?,15?,17-,18?/m0/s1. The zero-order chi connectivity index (χ0) is 13.6. The molecule has 2 heteroatoms. The van der Waals surface area contributed by atoms with E-state index in [0.717, 1.165) is 23.3 Å². The number of aliphatic hydroxyl groups is 1. The Labute approximate surface area is 120 Å². The fourth-order valence-electron chi connectivity index (χ4n) is 5.11. The van der Waals surface area contributed by atoms with Crippen LogP contribution in [-0.2, 0) is 0 Å². The molecule has 0 aliphatic heterocycles. The van der Waals surface area contributed by atoms with E-state index in [4.69, 9.17) is 0 Å². The maximum absolute atomic E-state index is 10.2. The van der Waals surface area contributed by atoms with Crippen molar-refractivity contribution in [1.82, 2.24) is 4.98 Å². The van der Waals surface area contributed by atoms with Gasteiger partial charge in [-0.1, -0.05) is 17.9 Å². The molecular weight excluding hydrogens is 246 g/mol. The van der Waals surface area contributed by atoms with Crippen LogP contribution in [0, 0.1) is 35.0 Å². The molecule has 0 amide bonds. The molecule has 0 aromatic carbocycles. The molecule has 0 radical (unpaired) electrons. The van der Waals surface area contributed by atoms with Crippen molar-refractivity contribution < 1.29 is 5.11 Å². The second-order valence-corrected chi connectivity index (χ2v) is 7.16. The molecule has 104 valence electrons. The van der Waals surface area contributed by atoms with E-state index in [1.807, 2.05) is 12.1 Å². The van der Waals surface area contributed by atoms with Gasteiger partial charge in [0.2, 0.25) is 0 Å². The van der Waals surface area contributed by atoms with Gasteiger partial charge in [0.1, 0.15) is 6.10 Å². The maximum Gasteiger partial charge on any atom is 0.141 e. The van der Waals surface area contributed by atoms with Crippen molar-refractivity contribution >= 4 is 0 Å². The Morgan fingerprint density at radius 1 is 1.15 bits per heavy atom. The van der Waals surface area contributed by atoms with Gasteiger partial charge in [-0.2, -0.15) is 0 Å². The van der Waals surface area contributed by atoms with Crippen LogP contribution in [-0.4, -0.2) is 10.1 Å². The van der Waals surface area contributed by atoms with Crippen LogP contribution >= 0.6 is 0 Å². The largest absolute Gasteiger partial charge is 0.376 e. The fraction of sp³-hybridized carbons (Fsp3) is 0.611. The van der Waals surface area contributed by atoms with Crippen molar-refractivity contribution in [2.24, 2.45) is 23.2 Å². The molecule has 1 heterocycles. The second-order valence-electron chi connectivity index (χ2n) is 7.16. The maximum atomic E-state index is 10.2. The number of pyridine rings is 1. The van der Waals surface area contributed by atoms with Gasteiger partial charge >= 0.3 is 0 Å². The highest BCUT2D eigenvalue weighted by molar-refractivity contribution is 5.26. The number of rotatable bonds is 1. The van der Waals surface area contributed by atoms with Crippen LogP contribution in [0.4, 0.5) is 0 Å². The highest BCUT2D eigenvalue weighted by atomic mass is 16.3. The van der Waals surface area contributed by atoms with E-state index in [1.54, 1.807) is 12.4 Å². The zero-order valence-corrected chi connectivity index (χ0v) is 11.8. The van der Waals surface area contributed by atoms with Crippen molar-refractivity contribution in [2.45, 2.75) is 44.6 Å². The molecule has 1 aromatic heterocycles. The first-order valence-electron chi connectivity index (χ1n) is 7.83. The number of hydrogen-bond donors (Lipinski definition) is 1. The van der Waals surface area contributed by atoms with Crippen molar-refractivity contribution in [3.05, 3.63) is 30.1 Å². The Morgan fingerprint density at radius 3 is 2.35 bits per heavy atom. The quantitative estimate of drug-likeness (QED) is 0.792. The third-order valence-corrected chi connectivity index (χ3v) is 5.51. The molecule has 4 bridgehead atoms. The van der Waals surface area contributed by atoms with E-state index >= 15 is 0 Å². The van der Waals surface area contributed by atoms with Gasteiger partial charge in [0, 0.05) is 23.4 Å². The van der Waals surface area contributed by atoms with Gasteiger partial charge in [-0.3, -0.25) is 4.98 Å². The number of aliphatic hydroxyl groups excluding tert-OH is 1. The topological polar surface area (TPSA) is 33.1 Å². The average molecular weight is 267 g/mol. The Kier molecular flexibility index (Phi) is 2.86. The minimum atomic E-state index is -0.684. The summed E-state index contributed by atoms with van der Waals surface area (Å²) in [5, 5.41) is 10.2. The van der Waals surface area contributed by atoms with Crippen molar-refractivity contribution in [3.8, 4) is 11.8 Å². The second kappa shape index (κ2) is 4.60. The first-order valence-corrected chi connectivity index (χ1v) is 7.83. The molecule has 4 aliphatic carbocycles. The molecule has 20 heavy (non-hydrogen) atoms. The Hall–Kier alpha value is -1.33. The fourth-order valence-corrected chi connectivity index (χ4v) is 5.11. The lowest BCUT2D eigenvalue weighted by Crippen LogP contribution is -2.45. The van der Waals surface area contributed by atoms with E-state index in [9.17, 15) is 5.11 Å². The minimum Gasteiger partial charge on any atom is -0.376 e. The molecule has 0 unspecified atom stereocenters. The van der Waals surface area contributed by atoms with Crippen LogP contribution in [0.15, 0.2) is 24.5 Å². The van der Waals surface area contributed by atoms with E-state index in [1.165, 1.54) is 38.5 Å². The summed E-state index contributed by atoms with van der Waals surface area (Å²) in [6.07, 6.45) is 10.9. The van der Waals surface area contributed by atoms with Crippen molar-refractivity contribution in [1.29, 1.82) is 0 Å². The monoisotopic (exact) mass is 267 g/mol. The molecule has 4 saturated carbocycles. The summed E-state index contributed by atoms with van der Waals surface area (Å²) in [5.74, 6) is 9.34. The molecule has 2 nitrogen and oxygen atoms in total. The lowest BCUT2D eigenvalue weighted by Gasteiger charge is -2.54. The summed E-state index contributed by atoms with van der Waals surface area (Å²) in [6, 6.07) is 3.75. The lowest BCUT2D eigenvalue weighted by atomic mass is 9.50. The third kappa shape index (κ3) is 2.15. The number of nitrogens with zero attached hydrogens (tertiary/aromatic N) is 1. The van der Waals surface area contributed by atoms with Crippen LogP contribution in [0.25, 0.3) is 0 Å². The molecule has 5 rings (SSSR count). The molecule has 4 fully saturated rings. The van der Waals surface area contributed by atoms with Gasteiger partial charge in [-0.05, 0) is 62.3 Å². The molecule has 4 aliphatic rings. The highest BCUT2D eigenvalue weighted by Crippen LogP contribution is 2.59. The van der Waals surface area contributed by atoms with Crippen LogP contribution in [0.3, 0.4) is 0 Å². The van der Waals surface area contributed by atoms with Crippen LogP contribution in [0.2, 0.25) is 0 Å². The molecule has 1 aromatic rings. The highest BCUT2D eigenvalue weighted by Gasteiger charge is 2.50. The third-order valence-electron chi connectivity index (χ3n) is 5.51. The van der Waals surface area contributed by atoms with Gasteiger partial charge in [-0.15, -0.1) is 0 Å². The Balaban J connectivity index is 1.56. The van der Waals surface area contributed by atoms with Gasteiger partial charge in [0.15, 0.2) is 0 Å². The average Bonchev–Trinajstić information content (AvgIpc) is 2.44.